The van der Waals surface area contributed by atoms with Crippen LogP contribution < -0.4 is 0 Å². The molecule has 3 nitrogen and oxygen atoms in total. The lowest BCUT2D eigenvalue weighted by molar-refractivity contribution is 0.0946. The minimum absolute atomic E-state index is 0.0516. The fourth-order valence-corrected chi connectivity index (χ4v) is 1.85. The molecular formula is C13H10N2O. The number of carbonyl (C=O) groups is 1. The molecule has 0 N–H and O–H groups in total. The molecule has 1 aromatic carbocycles. The van der Waals surface area contributed by atoms with Gasteiger partial charge in [0.2, 0.25) is 0 Å². The van der Waals surface area contributed by atoms with E-state index in [-0.39, 0.29) is 11.7 Å². The zero-order valence-corrected chi connectivity index (χ0v) is 8.84. The smallest absolute Gasteiger partial charge is 0.189 e. The van der Waals surface area contributed by atoms with Crippen molar-refractivity contribution in [2.75, 3.05) is 0 Å². The molecular weight excluding hydrogens is 200 g/mol. The van der Waals surface area contributed by atoms with Gasteiger partial charge in [0.1, 0.15) is 5.69 Å². The van der Waals surface area contributed by atoms with Crippen LogP contribution in [0.1, 0.15) is 23.1 Å². The van der Waals surface area contributed by atoms with Crippen LogP contribution in [0, 0.1) is 5.92 Å². The van der Waals surface area contributed by atoms with E-state index >= 15 is 0 Å². The summed E-state index contributed by atoms with van der Waals surface area (Å²) in [5.74, 6) is -0.0429. The van der Waals surface area contributed by atoms with Crippen molar-refractivity contribution in [1.82, 2.24) is 9.97 Å². The van der Waals surface area contributed by atoms with Crippen molar-refractivity contribution >= 4 is 22.9 Å². The summed E-state index contributed by atoms with van der Waals surface area (Å²) >= 11 is 0. The SMILES string of the molecule is CC1C=Cc2nc3ccccc3nc2C1=O. The lowest BCUT2D eigenvalue weighted by Crippen LogP contribution is -2.17. The number of allylic oxidation sites excluding steroid dienone is 1. The molecule has 0 amide bonds. The fraction of sp³-hybridized carbons (Fsp3) is 0.154. The molecule has 0 fully saturated rings. The molecule has 1 aliphatic rings. The Morgan fingerprint density at radius 3 is 2.56 bits per heavy atom. The van der Waals surface area contributed by atoms with Crippen LogP contribution in [0.4, 0.5) is 0 Å². The highest BCUT2D eigenvalue weighted by atomic mass is 16.1. The average molecular weight is 210 g/mol. The second kappa shape index (κ2) is 3.23. The lowest BCUT2D eigenvalue weighted by Gasteiger charge is -2.13. The topological polar surface area (TPSA) is 42.9 Å². The zero-order chi connectivity index (χ0) is 11.1. The molecule has 3 rings (SSSR count). The van der Waals surface area contributed by atoms with E-state index in [1.807, 2.05) is 43.3 Å². The zero-order valence-electron chi connectivity index (χ0n) is 8.84. The molecule has 0 aliphatic heterocycles. The number of fused-ring (bicyclic) bond motifs is 2. The van der Waals surface area contributed by atoms with Gasteiger partial charge in [-0.15, -0.1) is 0 Å². The van der Waals surface area contributed by atoms with E-state index in [9.17, 15) is 4.79 Å². The number of para-hydroxylation sites is 2. The molecule has 1 atom stereocenters. The first-order valence-electron chi connectivity index (χ1n) is 5.25. The van der Waals surface area contributed by atoms with Crippen molar-refractivity contribution in [2.45, 2.75) is 6.92 Å². The number of hydrogen-bond donors (Lipinski definition) is 0. The summed E-state index contributed by atoms with van der Waals surface area (Å²) < 4.78 is 0. The summed E-state index contributed by atoms with van der Waals surface area (Å²) in [5.41, 5.74) is 2.78. The quantitative estimate of drug-likeness (QED) is 0.670. The minimum atomic E-state index is -0.0945. The standard InChI is InChI=1S/C13H10N2O/c1-8-6-7-11-12(13(8)16)15-10-5-3-2-4-9(10)14-11/h2-8H,1H3. The number of Topliss-reactive ketones (excluding diaryl/α,β-unsaturated/α-hetero) is 1. The van der Waals surface area contributed by atoms with Crippen molar-refractivity contribution in [3.8, 4) is 0 Å². The van der Waals surface area contributed by atoms with Crippen molar-refractivity contribution in [2.24, 2.45) is 5.92 Å². The van der Waals surface area contributed by atoms with Crippen LogP contribution in [0.15, 0.2) is 30.3 Å². The van der Waals surface area contributed by atoms with Crippen molar-refractivity contribution in [3.05, 3.63) is 41.7 Å². The maximum atomic E-state index is 11.9. The van der Waals surface area contributed by atoms with Crippen LogP contribution in [0.25, 0.3) is 17.1 Å². The number of rotatable bonds is 0. The maximum absolute atomic E-state index is 11.9. The van der Waals surface area contributed by atoms with Crippen LogP contribution in [0.3, 0.4) is 0 Å². The van der Waals surface area contributed by atoms with E-state index in [1.54, 1.807) is 0 Å². The first-order chi connectivity index (χ1) is 7.75. The number of benzene rings is 1. The highest BCUT2D eigenvalue weighted by Crippen LogP contribution is 2.22. The Hall–Kier alpha value is -2.03. The van der Waals surface area contributed by atoms with Gasteiger partial charge in [-0.3, -0.25) is 4.79 Å². The molecule has 78 valence electrons. The van der Waals surface area contributed by atoms with Gasteiger partial charge in [0.25, 0.3) is 0 Å². The van der Waals surface area contributed by atoms with Gasteiger partial charge in [0.15, 0.2) is 5.78 Å². The van der Waals surface area contributed by atoms with Crippen LogP contribution in [0.5, 0.6) is 0 Å². The van der Waals surface area contributed by atoms with Crippen LogP contribution in [-0.4, -0.2) is 15.8 Å². The lowest BCUT2D eigenvalue weighted by atomic mass is 9.96. The van der Waals surface area contributed by atoms with E-state index in [0.29, 0.717) is 11.4 Å². The molecule has 0 saturated heterocycles. The molecule has 0 saturated carbocycles. The van der Waals surface area contributed by atoms with Gasteiger partial charge in [-0.05, 0) is 18.2 Å². The Balaban J connectivity index is 2.33. The second-order valence-corrected chi connectivity index (χ2v) is 3.96. The predicted octanol–water partition coefficient (Wildman–Crippen LogP) is 2.48. The highest BCUT2D eigenvalue weighted by molar-refractivity contribution is 6.03. The first kappa shape index (κ1) is 9.21. The Morgan fingerprint density at radius 1 is 1.12 bits per heavy atom. The van der Waals surface area contributed by atoms with Crippen LogP contribution >= 0.6 is 0 Å². The van der Waals surface area contributed by atoms with Crippen molar-refractivity contribution in [1.29, 1.82) is 0 Å². The molecule has 1 aliphatic carbocycles. The number of hydrogen-bond acceptors (Lipinski definition) is 3. The predicted molar refractivity (Wildman–Crippen MR) is 62.1 cm³/mol. The van der Waals surface area contributed by atoms with Crippen molar-refractivity contribution < 1.29 is 4.79 Å². The summed E-state index contributed by atoms with van der Waals surface area (Å²) in [6.07, 6.45) is 3.74. The molecule has 0 bridgehead atoms. The summed E-state index contributed by atoms with van der Waals surface area (Å²) in [5, 5.41) is 0. The monoisotopic (exact) mass is 210 g/mol. The summed E-state index contributed by atoms with van der Waals surface area (Å²) in [6.45, 7) is 1.87. The maximum Gasteiger partial charge on any atom is 0.189 e. The van der Waals surface area contributed by atoms with Gasteiger partial charge in [-0.1, -0.05) is 25.1 Å². The molecule has 0 spiro atoms. The van der Waals surface area contributed by atoms with E-state index in [1.165, 1.54) is 0 Å². The Kier molecular flexibility index (Phi) is 1.86. The molecule has 1 heterocycles. The molecule has 16 heavy (non-hydrogen) atoms. The van der Waals surface area contributed by atoms with E-state index < -0.39 is 0 Å². The van der Waals surface area contributed by atoms with Crippen molar-refractivity contribution in [3.63, 3.8) is 0 Å². The Labute approximate surface area is 92.8 Å². The highest BCUT2D eigenvalue weighted by Gasteiger charge is 2.22. The van der Waals surface area contributed by atoms with Gasteiger partial charge in [0.05, 0.1) is 16.7 Å². The van der Waals surface area contributed by atoms with Crippen LogP contribution in [-0.2, 0) is 0 Å². The van der Waals surface area contributed by atoms with E-state index in [0.717, 1.165) is 11.0 Å². The molecule has 0 radical (unpaired) electrons. The van der Waals surface area contributed by atoms with E-state index in [4.69, 9.17) is 0 Å². The number of ketones is 1. The van der Waals surface area contributed by atoms with Crippen LogP contribution in [0.2, 0.25) is 0 Å². The molecule has 1 unspecified atom stereocenters. The molecule has 2 aromatic rings. The molecule has 3 heteroatoms. The first-order valence-corrected chi connectivity index (χ1v) is 5.25. The third-order valence-electron chi connectivity index (χ3n) is 2.79. The van der Waals surface area contributed by atoms with Gasteiger partial charge in [0, 0.05) is 5.92 Å². The number of aromatic nitrogens is 2. The Morgan fingerprint density at radius 2 is 1.81 bits per heavy atom. The minimum Gasteiger partial charge on any atom is -0.292 e. The largest absolute Gasteiger partial charge is 0.292 e. The normalized spacial score (nSPS) is 18.8. The fourth-order valence-electron chi connectivity index (χ4n) is 1.85. The molecule has 1 aromatic heterocycles. The van der Waals surface area contributed by atoms with Gasteiger partial charge >= 0.3 is 0 Å². The van der Waals surface area contributed by atoms with Gasteiger partial charge in [-0.2, -0.15) is 0 Å². The third-order valence-corrected chi connectivity index (χ3v) is 2.79. The second-order valence-electron chi connectivity index (χ2n) is 3.96. The summed E-state index contributed by atoms with van der Waals surface area (Å²) in [7, 11) is 0. The third kappa shape index (κ3) is 1.25. The average Bonchev–Trinajstić information content (AvgIpc) is 2.32. The van der Waals surface area contributed by atoms with Gasteiger partial charge in [-0.25, -0.2) is 9.97 Å². The number of carbonyl (C=O) groups excluding carboxylic acids is 1. The van der Waals surface area contributed by atoms with E-state index in [2.05, 4.69) is 9.97 Å². The Bertz CT molecular complexity index is 616. The van der Waals surface area contributed by atoms with Gasteiger partial charge < -0.3 is 0 Å². The summed E-state index contributed by atoms with van der Waals surface area (Å²) in [4.78, 5) is 20.7. The number of nitrogens with zero attached hydrogens (tertiary/aromatic N) is 2. The summed E-state index contributed by atoms with van der Waals surface area (Å²) in [6, 6.07) is 7.59.